The first kappa shape index (κ1) is 12.4. The Hall–Kier alpha value is -2.68. The van der Waals surface area contributed by atoms with E-state index >= 15 is 0 Å². The second-order valence-corrected chi connectivity index (χ2v) is 4.53. The summed E-state index contributed by atoms with van der Waals surface area (Å²) in [5.41, 5.74) is 4.85. The third-order valence-corrected chi connectivity index (χ3v) is 3.24. The average Bonchev–Trinajstić information content (AvgIpc) is 2.93. The van der Waals surface area contributed by atoms with Gasteiger partial charge in [-0.15, -0.1) is 0 Å². The molecule has 1 N–H and O–H groups in total. The van der Waals surface area contributed by atoms with Crippen molar-refractivity contribution in [3.05, 3.63) is 66.4 Å². The monoisotopic (exact) mass is 262 g/mol. The Balaban J connectivity index is 2.19. The standard InChI is InChI=1S/C17H14N2O/c20-12-11-15-16(13-7-3-1-4-8-13)17(19-18-15)14-9-5-2-6-10-14/h1-10,12H,11H2,(H,18,19). The fourth-order valence-corrected chi connectivity index (χ4v) is 2.33. The molecule has 0 saturated carbocycles. The third-order valence-electron chi connectivity index (χ3n) is 3.24. The summed E-state index contributed by atoms with van der Waals surface area (Å²) >= 11 is 0. The Morgan fingerprint density at radius 1 is 0.900 bits per heavy atom. The normalized spacial score (nSPS) is 10.4. The van der Waals surface area contributed by atoms with E-state index in [1.807, 2.05) is 60.7 Å². The van der Waals surface area contributed by atoms with E-state index in [1.54, 1.807) is 0 Å². The Morgan fingerprint density at radius 3 is 2.10 bits per heavy atom. The predicted molar refractivity (Wildman–Crippen MR) is 79.2 cm³/mol. The van der Waals surface area contributed by atoms with Crippen LogP contribution >= 0.6 is 0 Å². The largest absolute Gasteiger partial charge is 0.303 e. The first-order valence-corrected chi connectivity index (χ1v) is 6.52. The maximum Gasteiger partial charge on any atom is 0.125 e. The lowest BCUT2D eigenvalue weighted by molar-refractivity contribution is -0.107. The Kier molecular flexibility index (Phi) is 3.42. The molecule has 0 aliphatic rings. The number of carbonyl (C=O) groups is 1. The summed E-state index contributed by atoms with van der Waals surface area (Å²) in [4.78, 5) is 10.9. The highest BCUT2D eigenvalue weighted by Crippen LogP contribution is 2.32. The second-order valence-electron chi connectivity index (χ2n) is 4.53. The molecule has 0 amide bonds. The minimum absolute atomic E-state index is 0.337. The minimum Gasteiger partial charge on any atom is -0.303 e. The van der Waals surface area contributed by atoms with Crippen molar-refractivity contribution < 1.29 is 4.79 Å². The number of nitrogens with zero attached hydrogens (tertiary/aromatic N) is 1. The van der Waals surface area contributed by atoms with Gasteiger partial charge in [-0.3, -0.25) is 5.10 Å². The van der Waals surface area contributed by atoms with Crippen molar-refractivity contribution >= 4 is 6.29 Å². The summed E-state index contributed by atoms with van der Waals surface area (Å²) < 4.78 is 0. The Morgan fingerprint density at radius 2 is 1.50 bits per heavy atom. The summed E-state index contributed by atoms with van der Waals surface area (Å²) in [5.74, 6) is 0. The highest BCUT2D eigenvalue weighted by Gasteiger charge is 2.15. The number of aldehydes is 1. The molecule has 3 heteroatoms. The van der Waals surface area contributed by atoms with Crippen LogP contribution in [0.5, 0.6) is 0 Å². The number of carbonyl (C=O) groups excluding carboxylic acids is 1. The van der Waals surface area contributed by atoms with E-state index in [2.05, 4.69) is 10.2 Å². The SMILES string of the molecule is O=CCc1[nH]nc(-c2ccccc2)c1-c1ccccc1. The first-order valence-electron chi connectivity index (χ1n) is 6.52. The lowest BCUT2D eigenvalue weighted by Crippen LogP contribution is -1.90. The zero-order valence-electron chi connectivity index (χ0n) is 10.9. The molecule has 0 spiro atoms. The van der Waals surface area contributed by atoms with E-state index in [-0.39, 0.29) is 0 Å². The molecular weight excluding hydrogens is 248 g/mol. The number of hydrogen-bond acceptors (Lipinski definition) is 2. The number of hydrogen-bond donors (Lipinski definition) is 1. The molecule has 2 aromatic carbocycles. The van der Waals surface area contributed by atoms with Crippen molar-refractivity contribution in [2.24, 2.45) is 0 Å². The van der Waals surface area contributed by atoms with Crippen molar-refractivity contribution in [3.63, 3.8) is 0 Å². The van der Waals surface area contributed by atoms with Crippen molar-refractivity contribution in [1.82, 2.24) is 10.2 Å². The van der Waals surface area contributed by atoms with E-state index in [9.17, 15) is 4.79 Å². The van der Waals surface area contributed by atoms with Crippen LogP contribution in [0, 0.1) is 0 Å². The van der Waals surface area contributed by atoms with Gasteiger partial charge in [0.1, 0.15) is 12.0 Å². The zero-order chi connectivity index (χ0) is 13.8. The summed E-state index contributed by atoms with van der Waals surface area (Å²) in [6.07, 6.45) is 1.23. The van der Waals surface area contributed by atoms with Gasteiger partial charge in [-0.05, 0) is 5.56 Å². The van der Waals surface area contributed by atoms with E-state index in [0.717, 1.165) is 34.4 Å². The van der Waals surface area contributed by atoms with Gasteiger partial charge in [0.25, 0.3) is 0 Å². The minimum atomic E-state index is 0.337. The summed E-state index contributed by atoms with van der Waals surface area (Å²) in [7, 11) is 0. The van der Waals surface area contributed by atoms with Gasteiger partial charge in [0.2, 0.25) is 0 Å². The number of H-pyrrole nitrogens is 1. The molecule has 0 radical (unpaired) electrons. The Bertz CT molecular complexity index is 702. The van der Waals surface area contributed by atoms with Gasteiger partial charge >= 0.3 is 0 Å². The molecule has 98 valence electrons. The highest BCUT2D eigenvalue weighted by atomic mass is 16.1. The lowest BCUT2D eigenvalue weighted by atomic mass is 9.98. The van der Waals surface area contributed by atoms with E-state index in [0.29, 0.717) is 6.42 Å². The molecule has 3 aromatic rings. The van der Waals surface area contributed by atoms with Gasteiger partial charge in [-0.1, -0.05) is 60.7 Å². The Labute approximate surface area is 117 Å². The first-order chi connectivity index (χ1) is 9.90. The summed E-state index contributed by atoms with van der Waals surface area (Å²) in [6.45, 7) is 0. The van der Waals surface area contributed by atoms with Gasteiger partial charge in [-0.25, -0.2) is 0 Å². The van der Waals surface area contributed by atoms with Crippen LogP contribution in [0.4, 0.5) is 0 Å². The molecule has 0 aliphatic carbocycles. The maximum atomic E-state index is 10.9. The number of aromatic nitrogens is 2. The molecule has 0 unspecified atom stereocenters. The van der Waals surface area contributed by atoms with Crippen LogP contribution < -0.4 is 0 Å². The zero-order valence-corrected chi connectivity index (χ0v) is 10.9. The molecule has 3 rings (SSSR count). The quantitative estimate of drug-likeness (QED) is 0.731. The number of benzene rings is 2. The van der Waals surface area contributed by atoms with Crippen molar-refractivity contribution in [3.8, 4) is 22.4 Å². The molecule has 1 heterocycles. The van der Waals surface area contributed by atoms with Gasteiger partial charge in [0.05, 0.1) is 5.69 Å². The van der Waals surface area contributed by atoms with Crippen LogP contribution in [-0.4, -0.2) is 16.5 Å². The van der Waals surface area contributed by atoms with Crippen LogP contribution in [0.15, 0.2) is 60.7 Å². The predicted octanol–water partition coefficient (Wildman–Crippen LogP) is 3.49. The van der Waals surface area contributed by atoms with Gasteiger partial charge in [0, 0.05) is 17.5 Å². The van der Waals surface area contributed by atoms with Crippen molar-refractivity contribution in [2.75, 3.05) is 0 Å². The fraction of sp³-hybridized carbons (Fsp3) is 0.0588. The molecular formula is C17H14N2O. The van der Waals surface area contributed by atoms with Gasteiger partial charge < -0.3 is 4.79 Å². The number of rotatable bonds is 4. The second kappa shape index (κ2) is 5.53. The molecule has 0 fully saturated rings. The van der Waals surface area contributed by atoms with Crippen LogP contribution in [0.2, 0.25) is 0 Å². The number of aromatic amines is 1. The number of nitrogens with one attached hydrogen (secondary N) is 1. The lowest BCUT2D eigenvalue weighted by Gasteiger charge is -2.05. The van der Waals surface area contributed by atoms with E-state index in [4.69, 9.17) is 0 Å². The van der Waals surface area contributed by atoms with Crippen molar-refractivity contribution in [2.45, 2.75) is 6.42 Å². The molecule has 0 atom stereocenters. The van der Waals surface area contributed by atoms with Crippen molar-refractivity contribution in [1.29, 1.82) is 0 Å². The van der Waals surface area contributed by atoms with Crippen LogP contribution in [0.1, 0.15) is 5.69 Å². The smallest absolute Gasteiger partial charge is 0.125 e. The summed E-state index contributed by atoms with van der Waals surface area (Å²) in [5, 5.41) is 7.39. The van der Waals surface area contributed by atoms with Crippen LogP contribution in [0.25, 0.3) is 22.4 Å². The molecule has 20 heavy (non-hydrogen) atoms. The van der Waals surface area contributed by atoms with Gasteiger partial charge in [0.15, 0.2) is 0 Å². The molecule has 0 aliphatic heterocycles. The molecule has 0 bridgehead atoms. The van der Waals surface area contributed by atoms with E-state index < -0.39 is 0 Å². The molecule has 1 aromatic heterocycles. The molecule has 3 nitrogen and oxygen atoms in total. The third kappa shape index (κ3) is 2.26. The highest BCUT2D eigenvalue weighted by molar-refractivity contribution is 5.83. The van der Waals surface area contributed by atoms with Gasteiger partial charge in [-0.2, -0.15) is 5.10 Å². The van der Waals surface area contributed by atoms with E-state index in [1.165, 1.54) is 0 Å². The van der Waals surface area contributed by atoms with Crippen LogP contribution in [0.3, 0.4) is 0 Å². The molecule has 0 saturated heterocycles. The summed E-state index contributed by atoms with van der Waals surface area (Å²) in [6, 6.07) is 20.0. The fourth-order valence-electron chi connectivity index (χ4n) is 2.33. The topological polar surface area (TPSA) is 45.8 Å². The van der Waals surface area contributed by atoms with Crippen LogP contribution in [-0.2, 0) is 11.2 Å². The maximum absolute atomic E-state index is 10.9. The average molecular weight is 262 g/mol.